The monoisotopic (exact) mass is 474 g/mol. The van der Waals surface area contributed by atoms with Gasteiger partial charge in [-0.25, -0.2) is 4.68 Å². The number of aryl methyl sites for hydroxylation is 2. The Balaban J connectivity index is 1.63. The summed E-state index contributed by atoms with van der Waals surface area (Å²) in [6.07, 6.45) is -5.21. The Kier molecular flexibility index (Phi) is 4.74. The molecule has 1 N–H and O–H groups in total. The van der Waals surface area contributed by atoms with Crippen molar-refractivity contribution < 1.29 is 17.9 Å². The van der Waals surface area contributed by atoms with Gasteiger partial charge < -0.3 is 10.1 Å². The van der Waals surface area contributed by atoms with Crippen LogP contribution in [0, 0.1) is 13.8 Å². The van der Waals surface area contributed by atoms with Gasteiger partial charge in [0.1, 0.15) is 17.9 Å². The molecule has 2 aliphatic heterocycles. The maximum absolute atomic E-state index is 13.6. The molecule has 0 saturated heterocycles. The number of hydrogen-bond acceptors (Lipinski definition) is 4. The molecular formula is C27H21F3N4O. The Morgan fingerprint density at radius 1 is 0.857 bits per heavy atom. The van der Waals surface area contributed by atoms with Crippen molar-refractivity contribution in [2.45, 2.75) is 32.2 Å². The number of benzene rings is 3. The molecule has 8 heteroatoms. The molecule has 6 rings (SSSR count). The van der Waals surface area contributed by atoms with Crippen LogP contribution in [-0.2, 0) is 6.18 Å². The molecule has 5 nitrogen and oxygen atoms in total. The quantitative estimate of drug-likeness (QED) is 0.362. The van der Waals surface area contributed by atoms with Crippen molar-refractivity contribution in [3.05, 3.63) is 112 Å². The molecule has 0 spiro atoms. The van der Waals surface area contributed by atoms with Crippen molar-refractivity contribution in [1.82, 2.24) is 14.8 Å². The zero-order chi connectivity index (χ0) is 24.3. The van der Waals surface area contributed by atoms with Crippen LogP contribution in [0.3, 0.4) is 0 Å². The van der Waals surface area contributed by atoms with Crippen LogP contribution in [0.15, 0.2) is 78.4 Å². The highest BCUT2D eigenvalue weighted by molar-refractivity contribution is 5.85. The van der Waals surface area contributed by atoms with E-state index in [0.29, 0.717) is 11.4 Å². The van der Waals surface area contributed by atoms with E-state index in [1.807, 2.05) is 86.6 Å². The van der Waals surface area contributed by atoms with Gasteiger partial charge in [0.25, 0.3) is 5.82 Å². The molecule has 2 atom stereocenters. The van der Waals surface area contributed by atoms with Gasteiger partial charge in [-0.15, -0.1) is 5.10 Å². The van der Waals surface area contributed by atoms with Gasteiger partial charge >= 0.3 is 6.18 Å². The van der Waals surface area contributed by atoms with Crippen molar-refractivity contribution >= 4 is 11.6 Å². The predicted molar refractivity (Wildman–Crippen MR) is 126 cm³/mol. The molecule has 2 aliphatic rings. The molecule has 0 aliphatic carbocycles. The first-order valence-electron chi connectivity index (χ1n) is 11.2. The molecule has 0 bridgehead atoms. The number of halogens is 3. The highest BCUT2D eigenvalue weighted by atomic mass is 19.4. The van der Waals surface area contributed by atoms with E-state index in [0.717, 1.165) is 33.4 Å². The smallest absolute Gasteiger partial charge is 0.453 e. The second-order valence-electron chi connectivity index (χ2n) is 8.87. The van der Waals surface area contributed by atoms with Gasteiger partial charge in [0.2, 0.25) is 5.95 Å². The van der Waals surface area contributed by atoms with Crippen LogP contribution in [0.4, 0.5) is 19.1 Å². The number of anilines is 1. The summed E-state index contributed by atoms with van der Waals surface area (Å²) in [6.45, 7) is 3.97. The summed E-state index contributed by atoms with van der Waals surface area (Å²) in [5.74, 6) is -0.491. The summed E-state index contributed by atoms with van der Waals surface area (Å²) in [4.78, 5) is 3.83. The Bertz CT molecular complexity index is 1450. The predicted octanol–water partition coefficient (Wildman–Crippen LogP) is 6.47. The van der Waals surface area contributed by atoms with E-state index < -0.39 is 24.1 Å². The van der Waals surface area contributed by atoms with Crippen molar-refractivity contribution in [3.63, 3.8) is 0 Å². The molecule has 3 heterocycles. The molecule has 3 aromatic carbocycles. The lowest BCUT2D eigenvalue weighted by Crippen LogP contribution is -2.32. The summed E-state index contributed by atoms with van der Waals surface area (Å²) in [5.41, 5.74) is 6.09. The van der Waals surface area contributed by atoms with Crippen LogP contribution in [-0.4, -0.2) is 14.8 Å². The normalized spacial score (nSPS) is 18.8. The summed E-state index contributed by atoms with van der Waals surface area (Å²) in [7, 11) is 0. The second-order valence-corrected chi connectivity index (χ2v) is 8.87. The summed E-state index contributed by atoms with van der Waals surface area (Å²) in [6, 6.07) is 22.6. The van der Waals surface area contributed by atoms with E-state index >= 15 is 0 Å². The Hall–Kier alpha value is -4.07. The molecule has 0 saturated carbocycles. The Morgan fingerprint density at radius 3 is 2.14 bits per heavy atom. The molecule has 0 amide bonds. The first-order chi connectivity index (χ1) is 16.8. The van der Waals surface area contributed by atoms with Crippen LogP contribution < -0.4 is 10.1 Å². The molecule has 176 valence electrons. The number of ether oxygens (including phenoxy) is 1. The third-order valence-corrected chi connectivity index (χ3v) is 6.41. The number of rotatable bonds is 2. The van der Waals surface area contributed by atoms with Gasteiger partial charge in [-0.1, -0.05) is 71.8 Å². The first kappa shape index (κ1) is 21.5. The first-order valence-corrected chi connectivity index (χ1v) is 11.2. The van der Waals surface area contributed by atoms with Gasteiger partial charge in [-0.2, -0.15) is 18.2 Å². The van der Waals surface area contributed by atoms with Crippen LogP contribution in [0.5, 0.6) is 5.75 Å². The van der Waals surface area contributed by atoms with E-state index in [1.54, 1.807) is 0 Å². The maximum Gasteiger partial charge on any atom is 0.453 e. The third kappa shape index (κ3) is 3.56. The lowest BCUT2D eigenvalue weighted by Gasteiger charge is -2.39. The molecule has 35 heavy (non-hydrogen) atoms. The van der Waals surface area contributed by atoms with Crippen LogP contribution in [0.2, 0.25) is 0 Å². The Labute approximate surface area is 199 Å². The number of nitrogens with one attached hydrogen (secondary N) is 1. The lowest BCUT2D eigenvalue weighted by atomic mass is 9.84. The fourth-order valence-electron chi connectivity index (χ4n) is 4.68. The van der Waals surface area contributed by atoms with Crippen LogP contribution >= 0.6 is 0 Å². The van der Waals surface area contributed by atoms with Gasteiger partial charge in [-0.05, 0) is 37.1 Å². The fourth-order valence-corrected chi connectivity index (χ4v) is 4.68. The van der Waals surface area contributed by atoms with E-state index in [2.05, 4.69) is 15.4 Å². The summed E-state index contributed by atoms with van der Waals surface area (Å²) >= 11 is 0. The van der Waals surface area contributed by atoms with E-state index in [4.69, 9.17) is 4.74 Å². The zero-order valence-corrected chi connectivity index (χ0v) is 19.0. The van der Waals surface area contributed by atoms with Crippen LogP contribution in [0.1, 0.15) is 45.8 Å². The average Bonchev–Trinajstić information content (AvgIpc) is 3.28. The fraction of sp³-hybridized carbons (Fsp3) is 0.185. The zero-order valence-electron chi connectivity index (χ0n) is 19.0. The number of hydrogen-bond donors (Lipinski definition) is 1. The van der Waals surface area contributed by atoms with Gasteiger partial charge in [-0.3, -0.25) is 0 Å². The molecule has 0 fully saturated rings. The van der Waals surface area contributed by atoms with E-state index in [1.165, 1.54) is 4.68 Å². The summed E-state index contributed by atoms with van der Waals surface area (Å²) < 4.78 is 48.8. The standard InChI is InChI=1S/C27H21F3N4O/c1-15-7-11-17(12-8-15)23-21-22(31-26-32-25(27(28,29)30)33-34(23)26)19-5-3-4-6-20(19)35-24(21)18-13-9-16(2)10-14-18/h3-14,23-24H,1-2H3,(H,31,32,33)/t23-,24-/m1/s1. The number of nitrogens with zero attached hydrogens (tertiary/aromatic N) is 3. The highest BCUT2D eigenvalue weighted by Crippen LogP contribution is 2.51. The third-order valence-electron chi connectivity index (χ3n) is 6.41. The van der Waals surface area contributed by atoms with Crippen molar-refractivity contribution in [1.29, 1.82) is 0 Å². The number of alkyl halides is 3. The maximum atomic E-state index is 13.6. The minimum atomic E-state index is -4.67. The average molecular weight is 474 g/mol. The molecule has 0 radical (unpaired) electrons. The van der Waals surface area contributed by atoms with E-state index in [9.17, 15) is 13.2 Å². The number of aromatic nitrogens is 3. The minimum absolute atomic E-state index is 0.0426. The molecule has 0 unspecified atom stereocenters. The molecule has 4 aromatic rings. The SMILES string of the molecule is Cc1ccc([C@H]2Oc3ccccc3C3=C2[C@@H](c2ccc(C)cc2)n2nc(C(F)(F)F)nc2N3)cc1. The van der Waals surface area contributed by atoms with Crippen LogP contribution in [0.25, 0.3) is 5.70 Å². The van der Waals surface area contributed by atoms with Gasteiger partial charge in [0, 0.05) is 11.1 Å². The largest absolute Gasteiger partial charge is 0.480 e. The lowest BCUT2D eigenvalue weighted by molar-refractivity contribution is -0.145. The molecule has 1 aromatic heterocycles. The van der Waals surface area contributed by atoms with Gasteiger partial charge in [0.05, 0.1) is 5.70 Å². The number of fused-ring (bicyclic) bond motifs is 3. The summed E-state index contributed by atoms with van der Waals surface area (Å²) in [5, 5.41) is 7.08. The number of para-hydroxylation sites is 1. The highest BCUT2D eigenvalue weighted by Gasteiger charge is 2.44. The van der Waals surface area contributed by atoms with Crippen molar-refractivity contribution in [2.75, 3.05) is 5.32 Å². The van der Waals surface area contributed by atoms with Gasteiger partial charge in [0.15, 0.2) is 0 Å². The molecular weight excluding hydrogens is 453 g/mol. The van der Waals surface area contributed by atoms with E-state index in [-0.39, 0.29) is 5.95 Å². The Morgan fingerprint density at radius 2 is 1.49 bits per heavy atom. The van der Waals surface area contributed by atoms with Crippen molar-refractivity contribution in [3.8, 4) is 5.75 Å². The topological polar surface area (TPSA) is 52.0 Å². The second kappa shape index (κ2) is 7.73. The minimum Gasteiger partial charge on any atom is -0.480 e. The van der Waals surface area contributed by atoms with Crippen molar-refractivity contribution in [2.24, 2.45) is 0 Å².